The van der Waals surface area contributed by atoms with Crippen LogP contribution in [-0.4, -0.2) is 11.7 Å². The maximum absolute atomic E-state index is 10.1. The predicted molar refractivity (Wildman–Crippen MR) is 67.1 cm³/mol. The summed E-state index contributed by atoms with van der Waals surface area (Å²) in [4.78, 5) is 0. The molecule has 0 radical (unpaired) electrons. The molecule has 0 aliphatic heterocycles. The third kappa shape index (κ3) is 1.70. The molecule has 1 fully saturated rings. The lowest BCUT2D eigenvalue weighted by Crippen LogP contribution is -2.32. The van der Waals surface area contributed by atoms with E-state index < -0.39 is 0 Å². The number of halogens is 1. The van der Waals surface area contributed by atoms with Crippen LogP contribution in [0.1, 0.15) is 36.8 Å². The summed E-state index contributed by atoms with van der Waals surface area (Å²) in [5.41, 5.74) is 7.94. The van der Waals surface area contributed by atoms with E-state index in [1.807, 2.05) is 13.0 Å². The maximum Gasteiger partial charge on any atom is 0.138 e. The van der Waals surface area contributed by atoms with Crippen molar-refractivity contribution in [1.82, 2.24) is 0 Å². The molecule has 0 amide bonds. The molecule has 1 aromatic carbocycles. The van der Waals surface area contributed by atoms with Gasteiger partial charge in [0.25, 0.3) is 0 Å². The van der Waals surface area contributed by atoms with Crippen LogP contribution in [0.2, 0.25) is 5.02 Å². The number of phenols is 1. The van der Waals surface area contributed by atoms with Crippen molar-refractivity contribution in [3.63, 3.8) is 0 Å². The van der Waals surface area contributed by atoms with Gasteiger partial charge in [0.1, 0.15) is 5.75 Å². The monoisotopic (exact) mass is 239 g/mol. The molecule has 3 heteroatoms. The Hall–Kier alpha value is -0.730. The minimum Gasteiger partial charge on any atom is -0.506 e. The lowest BCUT2D eigenvalue weighted by Gasteiger charge is -2.30. The first-order chi connectivity index (χ1) is 7.60. The number of hydrogen-bond acceptors (Lipinski definition) is 2. The Labute approximate surface area is 101 Å². The van der Waals surface area contributed by atoms with Gasteiger partial charge in [0.2, 0.25) is 0 Å². The van der Waals surface area contributed by atoms with Gasteiger partial charge in [0.05, 0.1) is 5.02 Å². The van der Waals surface area contributed by atoms with E-state index >= 15 is 0 Å². The molecule has 3 N–H and O–H groups in total. The molecule has 88 valence electrons. The molecule has 0 unspecified atom stereocenters. The van der Waals surface area contributed by atoms with Crippen LogP contribution < -0.4 is 5.73 Å². The molecule has 16 heavy (non-hydrogen) atoms. The number of rotatable bonds is 2. The zero-order chi connectivity index (χ0) is 11.8. The number of aromatic hydroxyl groups is 1. The first-order valence-electron chi connectivity index (χ1n) is 5.79. The van der Waals surface area contributed by atoms with Crippen molar-refractivity contribution in [2.24, 2.45) is 5.73 Å². The summed E-state index contributed by atoms with van der Waals surface area (Å²) in [7, 11) is 0. The van der Waals surface area contributed by atoms with Gasteiger partial charge in [-0.2, -0.15) is 0 Å². The lowest BCUT2D eigenvalue weighted by atomic mass is 9.76. The van der Waals surface area contributed by atoms with Crippen molar-refractivity contribution in [2.75, 3.05) is 6.54 Å². The number of phenolic OH excluding ortho intramolecular Hbond substituents is 1. The van der Waals surface area contributed by atoms with E-state index in [1.54, 1.807) is 6.07 Å². The molecule has 1 aliphatic rings. The zero-order valence-electron chi connectivity index (χ0n) is 9.59. The Bertz CT molecular complexity index is 397. The summed E-state index contributed by atoms with van der Waals surface area (Å²) in [6.07, 6.45) is 4.47. The Morgan fingerprint density at radius 1 is 1.38 bits per heavy atom. The van der Waals surface area contributed by atoms with Gasteiger partial charge < -0.3 is 10.8 Å². The fourth-order valence-electron chi connectivity index (χ4n) is 2.94. The van der Waals surface area contributed by atoms with E-state index in [-0.39, 0.29) is 11.2 Å². The third-order valence-electron chi connectivity index (χ3n) is 3.82. The van der Waals surface area contributed by atoms with E-state index in [4.69, 9.17) is 17.3 Å². The van der Waals surface area contributed by atoms with Crippen molar-refractivity contribution in [2.45, 2.75) is 38.0 Å². The number of benzene rings is 1. The summed E-state index contributed by atoms with van der Waals surface area (Å²) in [5.74, 6) is 0.231. The smallest absolute Gasteiger partial charge is 0.138 e. The molecule has 0 heterocycles. The van der Waals surface area contributed by atoms with Gasteiger partial charge in [0.15, 0.2) is 0 Å². The van der Waals surface area contributed by atoms with E-state index in [2.05, 4.69) is 0 Å². The fourth-order valence-corrected chi connectivity index (χ4v) is 3.10. The fraction of sp³-hybridized carbons (Fsp3) is 0.538. The quantitative estimate of drug-likeness (QED) is 0.833. The van der Waals surface area contributed by atoms with Crippen molar-refractivity contribution in [3.05, 3.63) is 28.3 Å². The van der Waals surface area contributed by atoms with Crippen LogP contribution in [0.5, 0.6) is 5.75 Å². The van der Waals surface area contributed by atoms with Gasteiger partial charge in [-0.1, -0.05) is 30.5 Å². The number of hydrogen-bond donors (Lipinski definition) is 2. The van der Waals surface area contributed by atoms with Crippen molar-refractivity contribution < 1.29 is 5.11 Å². The topological polar surface area (TPSA) is 46.2 Å². The Morgan fingerprint density at radius 2 is 2.00 bits per heavy atom. The van der Waals surface area contributed by atoms with Crippen LogP contribution in [0.15, 0.2) is 12.1 Å². The van der Waals surface area contributed by atoms with E-state index in [1.165, 1.54) is 12.8 Å². The minimum atomic E-state index is -0.0565. The van der Waals surface area contributed by atoms with Gasteiger partial charge >= 0.3 is 0 Å². The average Bonchev–Trinajstić information content (AvgIpc) is 2.74. The highest BCUT2D eigenvalue weighted by molar-refractivity contribution is 6.32. The molecular weight excluding hydrogens is 222 g/mol. The predicted octanol–water partition coefficient (Wildman–Crippen LogP) is 3.12. The molecule has 1 aromatic rings. The Kier molecular flexibility index (Phi) is 3.13. The second kappa shape index (κ2) is 4.27. The maximum atomic E-state index is 10.1. The number of aryl methyl sites for hydroxylation is 1. The molecule has 2 rings (SSSR count). The van der Waals surface area contributed by atoms with Crippen LogP contribution in [0.4, 0.5) is 0 Å². The standard InChI is InChI=1S/C13H18ClNO/c1-9-4-5-10(14)12(16)11(9)13(8-15)6-2-3-7-13/h4-5,16H,2-3,6-8,15H2,1H3. The normalized spacial score (nSPS) is 18.9. The molecule has 0 bridgehead atoms. The summed E-state index contributed by atoms with van der Waals surface area (Å²) >= 11 is 5.99. The van der Waals surface area contributed by atoms with Crippen molar-refractivity contribution in [3.8, 4) is 5.75 Å². The molecular formula is C13H18ClNO. The average molecular weight is 240 g/mol. The van der Waals surface area contributed by atoms with E-state index in [0.717, 1.165) is 24.0 Å². The molecule has 0 spiro atoms. The van der Waals surface area contributed by atoms with Gasteiger partial charge in [-0.05, 0) is 31.4 Å². The SMILES string of the molecule is Cc1ccc(Cl)c(O)c1C1(CN)CCCC1. The summed E-state index contributed by atoms with van der Waals surface area (Å²) in [6, 6.07) is 3.71. The lowest BCUT2D eigenvalue weighted by molar-refractivity contribution is 0.404. The Morgan fingerprint density at radius 3 is 2.56 bits per heavy atom. The highest BCUT2D eigenvalue weighted by Gasteiger charge is 2.37. The van der Waals surface area contributed by atoms with Crippen molar-refractivity contribution >= 4 is 11.6 Å². The van der Waals surface area contributed by atoms with E-state index in [0.29, 0.717) is 11.6 Å². The van der Waals surface area contributed by atoms with Crippen LogP contribution in [0.3, 0.4) is 0 Å². The molecule has 0 saturated heterocycles. The van der Waals surface area contributed by atoms with Gasteiger partial charge in [-0.15, -0.1) is 0 Å². The summed E-state index contributed by atoms with van der Waals surface area (Å²) < 4.78 is 0. The molecule has 2 nitrogen and oxygen atoms in total. The van der Waals surface area contributed by atoms with Gasteiger partial charge in [-0.3, -0.25) is 0 Å². The zero-order valence-corrected chi connectivity index (χ0v) is 10.3. The van der Waals surface area contributed by atoms with Crippen LogP contribution in [-0.2, 0) is 5.41 Å². The second-order valence-corrected chi connectivity index (χ2v) is 5.19. The van der Waals surface area contributed by atoms with Gasteiger partial charge in [-0.25, -0.2) is 0 Å². The third-order valence-corrected chi connectivity index (χ3v) is 4.12. The van der Waals surface area contributed by atoms with Crippen LogP contribution >= 0.6 is 11.6 Å². The summed E-state index contributed by atoms with van der Waals surface area (Å²) in [5, 5.41) is 10.6. The largest absolute Gasteiger partial charge is 0.506 e. The first-order valence-corrected chi connectivity index (χ1v) is 6.17. The van der Waals surface area contributed by atoms with Crippen molar-refractivity contribution in [1.29, 1.82) is 0 Å². The highest BCUT2D eigenvalue weighted by atomic mass is 35.5. The molecule has 1 saturated carbocycles. The summed E-state index contributed by atoms with van der Waals surface area (Å²) in [6.45, 7) is 2.60. The molecule has 0 atom stereocenters. The second-order valence-electron chi connectivity index (χ2n) is 4.78. The van der Waals surface area contributed by atoms with E-state index in [9.17, 15) is 5.11 Å². The first kappa shape index (κ1) is 11.7. The highest BCUT2D eigenvalue weighted by Crippen LogP contribution is 2.47. The molecule has 1 aliphatic carbocycles. The minimum absolute atomic E-state index is 0.0565. The van der Waals surface area contributed by atoms with Crippen LogP contribution in [0, 0.1) is 6.92 Å². The van der Waals surface area contributed by atoms with Crippen LogP contribution in [0.25, 0.3) is 0 Å². The Balaban J connectivity index is 2.57. The van der Waals surface area contributed by atoms with Gasteiger partial charge in [0, 0.05) is 17.5 Å². The number of nitrogens with two attached hydrogens (primary N) is 1. The molecule has 0 aromatic heterocycles.